The zero-order valence-corrected chi connectivity index (χ0v) is 11.9. The summed E-state index contributed by atoms with van der Waals surface area (Å²) in [6.45, 7) is 5.40. The van der Waals surface area contributed by atoms with Crippen LogP contribution in [0.2, 0.25) is 0 Å². The standard InChI is InChI=1S/C13H11F2NO2.C2H6/c1-7(13(17)18-2)11-9(14)6-10-8(12(11)15)4-3-5-16-10;1-2/h3-7H,1-2H3;1-2H3. The molecule has 0 saturated heterocycles. The van der Waals surface area contributed by atoms with E-state index in [1.807, 2.05) is 13.8 Å². The lowest BCUT2D eigenvalue weighted by atomic mass is 9.97. The van der Waals surface area contributed by atoms with E-state index in [-0.39, 0.29) is 16.5 Å². The van der Waals surface area contributed by atoms with Gasteiger partial charge >= 0.3 is 5.97 Å². The lowest BCUT2D eigenvalue weighted by molar-refractivity contribution is -0.142. The molecule has 3 nitrogen and oxygen atoms in total. The van der Waals surface area contributed by atoms with Crippen molar-refractivity contribution in [2.45, 2.75) is 26.7 Å². The van der Waals surface area contributed by atoms with Gasteiger partial charge in [-0.2, -0.15) is 0 Å². The lowest BCUT2D eigenvalue weighted by Gasteiger charge is -2.13. The molecule has 1 unspecified atom stereocenters. The van der Waals surface area contributed by atoms with Crippen LogP contribution in [-0.2, 0) is 9.53 Å². The summed E-state index contributed by atoms with van der Waals surface area (Å²) >= 11 is 0. The van der Waals surface area contributed by atoms with Crippen molar-refractivity contribution in [2.75, 3.05) is 7.11 Å². The molecule has 0 saturated carbocycles. The highest BCUT2D eigenvalue weighted by Gasteiger charge is 2.25. The number of methoxy groups -OCH3 is 1. The van der Waals surface area contributed by atoms with E-state index in [9.17, 15) is 13.6 Å². The van der Waals surface area contributed by atoms with Gasteiger partial charge in [-0.25, -0.2) is 8.78 Å². The van der Waals surface area contributed by atoms with Gasteiger partial charge in [-0.05, 0) is 19.1 Å². The van der Waals surface area contributed by atoms with Crippen molar-refractivity contribution in [3.05, 3.63) is 41.6 Å². The smallest absolute Gasteiger partial charge is 0.313 e. The molecule has 20 heavy (non-hydrogen) atoms. The Bertz CT molecular complexity index is 614. The van der Waals surface area contributed by atoms with Gasteiger partial charge in [0, 0.05) is 23.2 Å². The summed E-state index contributed by atoms with van der Waals surface area (Å²) in [5.41, 5.74) is -0.0735. The SMILES string of the molecule is CC.COC(=O)C(C)c1c(F)cc2ncccc2c1F. The van der Waals surface area contributed by atoms with Crippen molar-refractivity contribution in [3.8, 4) is 0 Å². The Kier molecular flexibility index (Phi) is 5.55. The second kappa shape index (κ2) is 6.93. The Morgan fingerprint density at radius 1 is 1.35 bits per heavy atom. The molecular weight excluding hydrogens is 264 g/mol. The topological polar surface area (TPSA) is 39.2 Å². The van der Waals surface area contributed by atoms with Crippen LogP contribution in [0.15, 0.2) is 24.4 Å². The molecule has 0 aliphatic heterocycles. The lowest BCUT2D eigenvalue weighted by Crippen LogP contribution is -2.14. The number of ether oxygens (including phenoxy) is 1. The third-order valence-electron chi connectivity index (χ3n) is 2.82. The average Bonchev–Trinajstić information content (AvgIpc) is 2.48. The highest BCUT2D eigenvalue weighted by atomic mass is 19.1. The van der Waals surface area contributed by atoms with Crippen LogP contribution in [0.4, 0.5) is 8.78 Å². The van der Waals surface area contributed by atoms with Crippen LogP contribution in [0.5, 0.6) is 0 Å². The van der Waals surface area contributed by atoms with E-state index >= 15 is 0 Å². The van der Waals surface area contributed by atoms with Crippen LogP contribution in [0, 0.1) is 11.6 Å². The van der Waals surface area contributed by atoms with E-state index in [1.54, 1.807) is 6.07 Å². The number of hydrogen-bond donors (Lipinski definition) is 0. The predicted octanol–water partition coefficient (Wildman–Crippen LogP) is 3.82. The van der Waals surface area contributed by atoms with Gasteiger partial charge in [0.2, 0.25) is 0 Å². The number of rotatable bonds is 2. The van der Waals surface area contributed by atoms with E-state index in [4.69, 9.17) is 0 Å². The van der Waals surface area contributed by atoms with Crippen molar-refractivity contribution in [1.82, 2.24) is 4.98 Å². The minimum atomic E-state index is -1.00. The van der Waals surface area contributed by atoms with Gasteiger partial charge in [-0.3, -0.25) is 9.78 Å². The summed E-state index contributed by atoms with van der Waals surface area (Å²) in [6.07, 6.45) is 1.45. The van der Waals surface area contributed by atoms with Gasteiger partial charge in [0.15, 0.2) is 0 Å². The number of esters is 1. The number of fused-ring (bicyclic) bond motifs is 1. The first-order valence-electron chi connectivity index (χ1n) is 6.36. The van der Waals surface area contributed by atoms with E-state index < -0.39 is 23.5 Å². The molecule has 1 aromatic heterocycles. The van der Waals surface area contributed by atoms with Crippen LogP contribution in [0.25, 0.3) is 10.9 Å². The highest BCUT2D eigenvalue weighted by molar-refractivity contribution is 5.84. The monoisotopic (exact) mass is 281 g/mol. The first-order chi connectivity index (χ1) is 9.56. The molecule has 0 aliphatic rings. The fourth-order valence-corrected chi connectivity index (χ4v) is 1.86. The second-order valence-corrected chi connectivity index (χ2v) is 3.90. The van der Waals surface area contributed by atoms with Gasteiger partial charge in [-0.15, -0.1) is 0 Å². The Balaban J connectivity index is 0.000000956. The highest BCUT2D eigenvalue weighted by Crippen LogP contribution is 2.28. The molecule has 2 rings (SSSR count). The maximum atomic E-state index is 14.2. The Morgan fingerprint density at radius 2 is 2.00 bits per heavy atom. The van der Waals surface area contributed by atoms with Gasteiger partial charge in [0.05, 0.1) is 18.5 Å². The second-order valence-electron chi connectivity index (χ2n) is 3.90. The third-order valence-corrected chi connectivity index (χ3v) is 2.82. The number of carbonyl (C=O) groups is 1. The first-order valence-corrected chi connectivity index (χ1v) is 6.36. The summed E-state index contributed by atoms with van der Waals surface area (Å²) in [4.78, 5) is 15.3. The molecular formula is C15H17F2NO2. The van der Waals surface area contributed by atoms with E-state index in [1.165, 1.54) is 26.3 Å². The molecule has 0 radical (unpaired) electrons. The van der Waals surface area contributed by atoms with Crippen LogP contribution < -0.4 is 0 Å². The zero-order valence-electron chi connectivity index (χ0n) is 11.9. The molecule has 0 aliphatic carbocycles. The third kappa shape index (κ3) is 2.92. The van der Waals surface area contributed by atoms with E-state index in [0.29, 0.717) is 0 Å². The number of pyridine rings is 1. The maximum absolute atomic E-state index is 14.2. The number of carbonyl (C=O) groups excluding carboxylic acids is 1. The van der Waals surface area contributed by atoms with Crippen molar-refractivity contribution in [1.29, 1.82) is 0 Å². The van der Waals surface area contributed by atoms with E-state index in [0.717, 1.165) is 6.07 Å². The van der Waals surface area contributed by atoms with Crippen LogP contribution in [-0.4, -0.2) is 18.1 Å². The minimum Gasteiger partial charge on any atom is -0.469 e. The summed E-state index contributed by atoms with van der Waals surface area (Å²) in [5.74, 6) is -3.25. The number of hydrogen-bond acceptors (Lipinski definition) is 3. The first kappa shape index (κ1) is 16.0. The fraction of sp³-hybridized carbons (Fsp3) is 0.333. The normalized spacial score (nSPS) is 11.5. The number of halogens is 2. The fourth-order valence-electron chi connectivity index (χ4n) is 1.86. The molecule has 2 aromatic rings. The Hall–Kier alpha value is -2.04. The largest absolute Gasteiger partial charge is 0.469 e. The molecule has 0 fully saturated rings. The molecule has 1 aromatic carbocycles. The van der Waals surface area contributed by atoms with Crippen LogP contribution in [0.1, 0.15) is 32.3 Å². The molecule has 108 valence electrons. The number of nitrogens with zero attached hydrogens (tertiary/aromatic N) is 1. The molecule has 5 heteroatoms. The van der Waals surface area contributed by atoms with Crippen molar-refractivity contribution in [2.24, 2.45) is 0 Å². The predicted molar refractivity (Wildman–Crippen MR) is 73.4 cm³/mol. The summed E-state index contributed by atoms with van der Waals surface area (Å²) in [5, 5.41) is 0.185. The van der Waals surface area contributed by atoms with Crippen LogP contribution >= 0.6 is 0 Å². The molecule has 1 heterocycles. The average molecular weight is 281 g/mol. The molecule has 0 spiro atoms. The number of aromatic nitrogens is 1. The zero-order chi connectivity index (χ0) is 15.3. The van der Waals surface area contributed by atoms with Crippen molar-refractivity contribution >= 4 is 16.9 Å². The van der Waals surface area contributed by atoms with Crippen LogP contribution in [0.3, 0.4) is 0 Å². The Morgan fingerprint density at radius 3 is 2.60 bits per heavy atom. The van der Waals surface area contributed by atoms with Gasteiger partial charge in [0.1, 0.15) is 11.6 Å². The van der Waals surface area contributed by atoms with Crippen molar-refractivity contribution < 1.29 is 18.3 Å². The Labute approximate surface area is 116 Å². The molecule has 0 amide bonds. The molecule has 0 bridgehead atoms. The summed E-state index contributed by atoms with van der Waals surface area (Å²) in [6, 6.07) is 4.16. The van der Waals surface area contributed by atoms with Gasteiger partial charge in [-0.1, -0.05) is 13.8 Å². The quantitative estimate of drug-likeness (QED) is 0.786. The molecule has 0 N–H and O–H groups in total. The minimum absolute atomic E-state index is 0.185. The van der Waals surface area contributed by atoms with Gasteiger partial charge < -0.3 is 4.74 Å². The number of benzene rings is 1. The van der Waals surface area contributed by atoms with Crippen molar-refractivity contribution in [3.63, 3.8) is 0 Å². The maximum Gasteiger partial charge on any atom is 0.313 e. The van der Waals surface area contributed by atoms with Gasteiger partial charge in [0.25, 0.3) is 0 Å². The summed E-state index contributed by atoms with van der Waals surface area (Å²) in [7, 11) is 1.18. The van der Waals surface area contributed by atoms with E-state index in [2.05, 4.69) is 9.72 Å². The summed E-state index contributed by atoms with van der Waals surface area (Å²) < 4.78 is 32.5. The molecule has 1 atom stereocenters.